The lowest BCUT2D eigenvalue weighted by molar-refractivity contribution is -0.116. The minimum absolute atomic E-state index is 0.0867. The van der Waals surface area contributed by atoms with Crippen LogP contribution < -0.4 is 14.8 Å². The molecule has 1 amide bonds. The second kappa shape index (κ2) is 13.2. The van der Waals surface area contributed by atoms with Gasteiger partial charge in [0.05, 0.1) is 17.7 Å². The highest BCUT2D eigenvalue weighted by atomic mass is 35.5. The number of carbonyl (C=O) groups is 3. The number of aryl methyl sites for hydroxylation is 1. The highest BCUT2D eigenvalue weighted by molar-refractivity contribution is 6.31. The Bertz CT molecular complexity index is 1350. The van der Waals surface area contributed by atoms with Gasteiger partial charge in [0.2, 0.25) is 5.91 Å². The molecule has 1 aliphatic carbocycles. The Labute approximate surface area is 231 Å². The molecular weight excluding hydrogens is 522 g/mol. The van der Waals surface area contributed by atoms with Crippen molar-refractivity contribution in [1.29, 1.82) is 0 Å². The summed E-state index contributed by atoms with van der Waals surface area (Å²) in [7, 11) is 0. The van der Waals surface area contributed by atoms with E-state index in [2.05, 4.69) is 5.32 Å². The Kier molecular flexibility index (Phi) is 9.44. The van der Waals surface area contributed by atoms with Crippen LogP contribution in [0, 0.1) is 5.92 Å². The molecule has 3 N–H and O–H groups in total. The number of carboxylic acid groups (broad SMARTS) is 2. The van der Waals surface area contributed by atoms with Crippen LogP contribution in [-0.2, 0) is 11.2 Å². The maximum Gasteiger partial charge on any atom is 0.336 e. The van der Waals surface area contributed by atoms with Crippen molar-refractivity contribution >= 4 is 35.1 Å². The van der Waals surface area contributed by atoms with E-state index in [1.165, 1.54) is 38.2 Å². The fraction of sp³-hybridized carbons (Fsp3) is 0.300. The third-order valence-corrected chi connectivity index (χ3v) is 7.01. The molecule has 0 aliphatic heterocycles. The maximum atomic E-state index is 12.4. The van der Waals surface area contributed by atoms with Gasteiger partial charge in [-0.1, -0.05) is 43.0 Å². The van der Waals surface area contributed by atoms with Crippen LogP contribution in [0.1, 0.15) is 64.8 Å². The number of rotatable bonds is 11. The van der Waals surface area contributed by atoms with Crippen molar-refractivity contribution in [1.82, 2.24) is 0 Å². The molecule has 3 aromatic carbocycles. The van der Waals surface area contributed by atoms with E-state index in [0.29, 0.717) is 35.5 Å². The minimum atomic E-state index is -1.39. The number of benzene rings is 3. The molecule has 0 aromatic heterocycles. The number of carbonyl (C=O) groups excluding carboxylic acids is 1. The molecule has 1 fully saturated rings. The standard InChI is InChI=1S/C30H30ClNO7/c31-27-17-24(39-23-8-4-7-22(16-23)38-18-19-5-2-1-3-6-19)12-9-20(27)10-14-28(33)32-21-11-13-25(29(34)35)26(15-21)30(36)37/h4,7-9,11-13,15-17,19H,1-3,5-6,10,14,18H2,(H,32,33)(H,34,35)(H,36,37). The number of amides is 1. The Morgan fingerprint density at radius 1 is 0.846 bits per heavy atom. The summed E-state index contributed by atoms with van der Waals surface area (Å²) in [6.07, 6.45) is 6.72. The summed E-state index contributed by atoms with van der Waals surface area (Å²) in [5.74, 6) is -0.558. The minimum Gasteiger partial charge on any atom is -0.493 e. The largest absolute Gasteiger partial charge is 0.493 e. The predicted octanol–water partition coefficient (Wildman–Crippen LogP) is 7.06. The van der Waals surface area contributed by atoms with Crippen molar-refractivity contribution in [2.75, 3.05) is 11.9 Å². The van der Waals surface area contributed by atoms with Gasteiger partial charge in [0.1, 0.15) is 17.2 Å². The van der Waals surface area contributed by atoms with Gasteiger partial charge in [-0.2, -0.15) is 0 Å². The molecule has 0 bridgehead atoms. The molecule has 0 spiro atoms. The van der Waals surface area contributed by atoms with Crippen LogP contribution in [0.25, 0.3) is 0 Å². The smallest absolute Gasteiger partial charge is 0.336 e. The number of aromatic carboxylic acids is 2. The summed E-state index contributed by atoms with van der Waals surface area (Å²) in [5.41, 5.74) is 0.187. The zero-order chi connectivity index (χ0) is 27.8. The van der Waals surface area contributed by atoms with Gasteiger partial charge in [-0.05, 0) is 73.2 Å². The summed E-state index contributed by atoms with van der Waals surface area (Å²) in [6.45, 7) is 0.714. The maximum absolute atomic E-state index is 12.4. The first-order valence-corrected chi connectivity index (χ1v) is 13.3. The molecule has 8 nitrogen and oxygen atoms in total. The monoisotopic (exact) mass is 551 g/mol. The van der Waals surface area contributed by atoms with E-state index in [1.807, 2.05) is 24.3 Å². The van der Waals surface area contributed by atoms with Gasteiger partial charge >= 0.3 is 11.9 Å². The lowest BCUT2D eigenvalue weighted by Crippen LogP contribution is -2.15. The Hall–Kier alpha value is -4.04. The van der Waals surface area contributed by atoms with Crippen LogP contribution in [0.2, 0.25) is 5.02 Å². The molecule has 1 aliphatic rings. The quantitative estimate of drug-likeness (QED) is 0.233. The zero-order valence-electron chi connectivity index (χ0n) is 21.3. The molecule has 0 atom stereocenters. The van der Waals surface area contributed by atoms with Crippen LogP contribution in [-0.4, -0.2) is 34.7 Å². The zero-order valence-corrected chi connectivity index (χ0v) is 22.1. The van der Waals surface area contributed by atoms with Crippen LogP contribution in [0.4, 0.5) is 5.69 Å². The number of ether oxygens (including phenoxy) is 2. The SMILES string of the molecule is O=C(CCc1ccc(Oc2cccc(OCC3CCCCC3)c2)cc1Cl)Nc1ccc(C(=O)O)c(C(=O)O)c1. The molecule has 0 saturated heterocycles. The van der Waals surface area contributed by atoms with E-state index in [4.69, 9.17) is 26.2 Å². The van der Waals surface area contributed by atoms with Gasteiger partial charge in [0.25, 0.3) is 0 Å². The molecule has 9 heteroatoms. The van der Waals surface area contributed by atoms with Crippen molar-refractivity contribution < 1.29 is 34.1 Å². The molecule has 0 unspecified atom stereocenters. The van der Waals surface area contributed by atoms with Gasteiger partial charge in [-0.25, -0.2) is 9.59 Å². The molecular formula is C30H30ClNO7. The molecule has 0 radical (unpaired) electrons. The van der Waals surface area contributed by atoms with E-state index < -0.39 is 17.5 Å². The molecule has 39 heavy (non-hydrogen) atoms. The highest BCUT2D eigenvalue weighted by Gasteiger charge is 2.17. The van der Waals surface area contributed by atoms with Crippen molar-refractivity contribution in [2.45, 2.75) is 44.9 Å². The van der Waals surface area contributed by atoms with Crippen molar-refractivity contribution in [2.24, 2.45) is 5.92 Å². The average Bonchev–Trinajstić information content (AvgIpc) is 2.92. The topological polar surface area (TPSA) is 122 Å². The second-order valence-electron chi connectivity index (χ2n) is 9.56. The fourth-order valence-corrected chi connectivity index (χ4v) is 4.85. The van der Waals surface area contributed by atoms with E-state index in [-0.39, 0.29) is 23.6 Å². The summed E-state index contributed by atoms with van der Waals surface area (Å²) in [4.78, 5) is 35.0. The normalized spacial score (nSPS) is 13.5. The number of nitrogens with one attached hydrogen (secondary N) is 1. The van der Waals surface area contributed by atoms with Crippen molar-refractivity contribution in [3.05, 3.63) is 82.4 Å². The summed E-state index contributed by atoms with van der Waals surface area (Å²) >= 11 is 6.45. The Morgan fingerprint density at radius 3 is 2.28 bits per heavy atom. The van der Waals surface area contributed by atoms with E-state index >= 15 is 0 Å². The lowest BCUT2D eigenvalue weighted by Gasteiger charge is -2.21. The summed E-state index contributed by atoms with van der Waals surface area (Å²) < 4.78 is 12.0. The van der Waals surface area contributed by atoms with Crippen LogP contribution in [0.5, 0.6) is 17.2 Å². The van der Waals surface area contributed by atoms with Gasteiger partial charge in [0, 0.05) is 23.2 Å². The third-order valence-electron chi connectivity index (χ3n) is 6.66. The second-order valence-corrected chi connectivity index (χ2v) is 9.97. The fourth-order valence-electron chi connectivity index (χ4n) is 4.58. The summed E-state index contributed by atoms with van der Waals surface area (Å²) in [5, 5.41) is 21.4. The lowest BCUT2D eigenvalue weighted by atomic mass is 9.90. The number of hydrogen-bond acceptors (Lipinski definition) is 5. The van der Waals surface area contributed by atoms with Gasteiger partial charge < -0.3 is 25.0 Å². The molecule has 4 rings (SSSR count). The van der Waals surface area contributed by atoms with Gasteiger partial charge in [-0.15, -0.1) is 0 Å². The Morgan fingerprint density at radius 2 is 1.56 bits per heavy atom. The molecule has 204 valence electrons. The predicted molar refractivity (Wildman–Crippen MR) is 147 cm³/mol. The first-order chi connectivity index (χ1) is 18.8. The van der Waals surface area contributed by atoms with E-state index in [0.717, 1.165) is 23.4 Å². The van der Waals surface area contributed by atoms with Gasteiger partial charge in [-0.3, -0.25) is 4.79 Å². The highest BCUT2D eigenvalue weighted by Crippen LogP contribution is 2.30. The van der Waals surface area contributed by atoms with Gasteiger partial charge in [0.15, 0.2) is 0 Å². The van der Waals surface area contributed by atoms with Crippen LogP contribution in [0.15, 0.2) is 60.7 Å². The first kappa shape index (κ1) is 28.0. The van der Waals surface area contributed by atoms with E-state index in [9.17, 15) is 19.5 Å². The number of carboxylic acids is 2. The van der Waals surface area contributed by atoms with Crippen LogP contribution >= 0.6 is 11.6 Å². The molecule has 0 heterocycles. The van der Waals surface area contributed by atoms with Crippen molar-refractivity contribution in [3.63, 3.8) is 0 Å². The average molecular weight is 552 g/mol. The number of hydrogen-bond donors (Lipinski definition) is 3. The third kappa shape index (κ3) is 7.97. The molecule has 1 saturated carbocycles. The molecule has 3 aromatic rings. The number of halogens is 1. The van der Waals surface area contributed by atoms with Crippen LogP contribution in [0.3, 0.4) is 0 Å². The first-order valence-electron chi connectivity index (χ1n) is 12.9. The number of anilines is 1. The summed E-state index contributed by atoms with van der Waals surface area (Å²) in [6, 6.07) is 16.4. The van der Waals surface area contributed by atoms with E-state index in [1.54, 1.807) is 18.2 Å². The Balaban J connectivity index is 1.31. The van der Waals surface area contributed by atoms with Crippen molar-refractivity contribution in [3.8, 4) is 17.2 Å².